The van der Waals surface area contributed by atoms with E-state index < -0.39 is 5.91 Å². The van der Waals surface area contributed by atoms with Crippen LogP contribution in [0, 0.1) is 0 Å². The second-order valence-electron chi connectivity index (χ2n) is 3.71. The van der Waals surface area contributed by atoms with Crippen molar-refractivity contribution in [2.24, 2.45) is 0 Å². The Morgan fingerprint density at radius 3 is 3.05 bits per heavy atom. The van der Waals surface area contributed by atoms with Crippen LogP contribution >= 0.6 is 11.8 Å². The highest BCUT2D eigenvalue weighted by Crippen LogP contribution is 2.06. The van der Waals surface area contributed by atoms with Crippen molar-refractivity contribution in [3.05, 3.63) is 52.5 Å². The summed E-state index contributed by atoms with van der Waals surface area (Å²) in [4.78, 5) is 34.0. The zero-order valence-electron chi connectivity index (χ0n) is 10.2. The molecule has 98 valence electrons. The summed E-state index contributed by atoms with van der Waals surface area (Å²) in [6.07, 6.45) is 5.02. The van der Waals surface area contributed by atoms with Gasteiger partial charge in [0.25, 0.3) is 11.5 Å². The molecule has 0 saturated heterocycles. The van der Waals surface area contributed by atoms with Gasteiger partial charge in [-0.25, -0.2) is 4.98 Å². The van der Waals surface area contributed by atoms with Crippen LogP contribution in [0.2, 0.25) is 0 Å². The summed E-state index contributed by atoms with van der Waals surface area (Å²) in [7, 11) is 0. The van der Waals surface area contributed by atoms with Crippen LogP contribution in [-0.2, 0) is 5.75 Å². The molecule has 2 aromatic heterocycles. The highest BCUT2D eigenvalue weighted by atomic mass is 32.2. The minimum Gasteiger partial charge on any atom is -0.319 e. The predicted molar refractivity (Wildman–Crippen MR) is 74.3 cm³/mol. The molecule has 0 aliphatic rings. The molecule has 0 radical (unpaired) electrons. The van der Waals surface area contributed by atoms with E-state index in [1.165, 1.54) is 24.0 Å². The lowest BCUT2D eigenvalue weighted by molar-refractivity contribution is 0.102. The Kier molecular flexibility index (Phi) is 4.30. The van der Waals surface area contributed by atoms with Gasteiger partial charge >= 0.3 is 0 Å². The second-order valence-corrected chi connectivity index (χ2v) is 4.57. The molecule has 0 saturated carbocycles. The number of anilines is 1. The number of carbonyl (C=O) groups excluding carboxylic acids is 1. The number of hydrogen-bond donors (Lipinski definition) is 2. The monoisotopic (exact) mass is 276 g/mol. The lowest BCUT2D eigenvalue weighted by atomic mass is 10.3. The van der Waals surface area contributed by atoms with Crippen molar-refractivity contribution in [1.82, 2.24) is 15.0 Å². The fraction of sp³-hybridized carbons (Fsp3) is 0.167. The normalized spacial score (nSPS) is 10.2. The van der Waals surface area contributed by atoms with Gasteiger partial charge in [0.1, 0.15) is 11.5 Å². The maximum Gasteiger partial charge on any atom is 0.274 e. The first-order valence-electron chi connectivity index (χ1n) is 5.49. The molecule has 1 amide bonds. The third-order valence-corrected chi connectivity index (χ3v) is 2.79. The third-order valence-electron chi connectivity index (χ3n) is 2.22. The number of hydrogen-bond acceptors (Lipinski definition) is 5. The smallest absolute Gasteiger partial charge is 0.274 e. The van der Waals surface area contributed by atoms with Crippen molar-refractivity contribution in [2.75, 3.05) is 11.6 Å². The third kappa shape index (κ3) is 3.65. The van der Waals surface area contributed by atoms with Crippen LogP contribution in [0.1, 0.15) is 16.3 Å². The first-order chi connectivity index (χ1) is 9.19. The van der Waals surface area contributed by atoms with E-state index in [1.54, 1.807) is 18.3 Å². The molecule has 0 fully saturated rings. The van der Waals surface area contributed by atoms with Crippen molar-refractivity contribution in [2.45, 2.75) is 5.75 Å². The van der Waals surface area contributed by atoms with E-state index >= 15 is 0 Å². The average Bonchev–Trinajstić information content (AvgIpc) is 2.39. The Hall–Kier alpha value is -2.15. The van der Waals surface area contributed by atoms with Gasteiger partial charge in [0, 0.05) is 12.3 Å². The van der Waals surface area contributed by atoms with Crippen LogP contribution in [0.4, 0.5) is 5.69 Å². The number of rotatable bonds is 4. The number of aromatic nitrogens is 3. The van der Waals surface area contributed by atoms with E-state index in [0.717, 1.165) is 0 Å². The molecule has 0 bridgehead atoms. The number of thioether (sulfide) groups is 1. The molecule has 2 aromatic rings. The Balaban J connectivity index is 2.21. The zero-order chi connectivity index (χ0) is 13.7. The molecular weight excluding hydrogens is 264 g/mol. The van der Waals surface area contributed by atoms with Crippen LogP contribution in [0.25, 0.3) is 0 Å². The summed E-state index contributed by atoms with van der Waals surface area (Å²) in [6, 6.07) is 4.59. The molecule has 0 aromatic carbocycles. The van der Waals surface area contributed by atoms with Gasteiger partial charge in [-0.05, 0) is 18.4 Å². The summed E-state index contributed by atoms with van der Waals surface area (Å²) in [5.41, 5.74) is 0.313. The lowest BCUT2D eigenvalue weighted by Gasteiger charge is -2.05. The van der Waals surface area contributed by atoms with Gasteiger partial charge in [-0.15, -0.1) is 0 Å². The molecule has 7 heteroatoms. The summed E-state index contributed by atoms with van der Waals surface area (Å²) in [6.45, 7) is 0. The first-order valence-corrected chi connectivity index (χ1v) is 6.89. The van der Waals surface area contributed by atoms with Gasteiger partial charge in [-0.1, -0.05) is 0 Å². The minimum absolute atomic E-state index is 0.0941. The molecule has 0 aliphatic heterocycles. The highest BCUT2D eigenvalue weighted by Gasteiger charge is 2.10. The van der Waals surface area contributed by atoms with Crippen LogP contribution in [0.3, 0.4) is 0 Å². The average molecular weight is 276 g/mol. The lowest BCUT2D eigenvalue weighted by Crippen LogP contribution is -2.20. The zero-order valence-corrected chi connectivity index (χ0v) is 11.0. The maximum absolute atomic E-state index is 12.0. The van der Waals surface area contributed by atoms with E-state index in [2.05, 4.69) is 20.3 Å². The highest BCUT2D eigenvalue weighted by molar-refractivity contribution is 7.97. The standard InChI is InChI=1S/C12H12N4O2S/c1-19-7-10-15-9(5-11(17)16-10)12(18)14-8-3-2-4-13-6-8/h2-6H,7H2,1H3,(H,14,18)(H,15,16,17). The Morgan fingerprint density at radius 2 is 2.37 bits per heavy atom. The van der Waals surface area contributed by atoms with E-state index in [4.69, 9.17) is 0 Å². The summed E-state index contributed by atoms with van der Waals surface area (Å²) in [5, 5.41) is 2.63. The van der Waals surface area contributed by atoms with E-state index in [9.17, 15) is 9.59 Å². The van der Waals surface area contributed by atoms with E-state index in [0.29, 0.717) is 17.3 Å². The quantitative estimate of drug-likeness (QED) is 0.878. The van der Waals surface area contributed by atoms with Crippen LogP contribution in [0.5, 0.6) is 0 Å². The second kappa shape index (κ2) is 6.14. The summed E-state index contributed by atoms with van der Waals surface area (Å²) >= 11 is 1.51. The van der Waals surface area contributed by atoms with Gasteiger partial charge in [-0.2, -0.15) is 11.8 Å². The van der Waals surface area contributed by atoms with Crippen molar-refractivity contribution in [3.63, 3.8) is 0 Å². The fourth-order valence-electron chi connectivity index (χ4n) is 1.46. The van der Waals surface area contributed by atoms with Gasteiger partial charge in [0.2, 0.25) is 0 Å². The van der Waals surface area contributed by atoms with E-state index in [1.807, 2.05) is 6.26 Å². The Labute approximate surface area is 113 Å². The van der Waals surface area contributed by atoms with Crippen molar-refractivity contribution >= 4 is 23.4 Å². The molecule has 2 heterocycles. The van der Waals surface area contributed by atoms with Crippen molar-refractivity contribution in [1.29, 1.82) is 0 Å². The number of amides is 1. The molecule has 6 nitrogen and oxygen atoms in total. The Morgan fingerprint density at radius 1 is 1.53 bits per heavy atom. The number of carbonyl (C=O) groups is 1. The molecule has 2 N–H and O–H groups in total. The molecular formula is C12H12N4O2S. The molecule has 19 heavy (non-hydrogen) atoms. The number of nitrogens with one attached hydrogen (secondary N) is 2. The minimum atomic E-state index is -0.429. The Bertz CT molecular complexity index is 627. The predicted octanol–water partition coefficient (Wildman–Crippen LogP) is 1.28. The van der Waals surface area contributed by atoms with Gasteiger partial charge in [0.15, 0.2) is 0 Å². The van der Waals surface area contributed by atoms with Crippen LogP contribution in [-0.4, -0.2) is 27.1 Å². The van der Waals surface area contributed by atoms with E-state index in [-0.39, 0.29) is 11.3 Å². The number of pyridine rings is 1. The van der Waals surface area contributed by atoms with Crippen molar-refractivity contribution in [3.8, 4) is 0 Å². The number of aromatic amines is 1. The topological polar surface area (TPSA) is 87.7 Å². The fourth-order valence-corrected chi connectivity index (χ4v) is 1.87. The first kappa shape index (κ1) is 13.3. The van der Waals surface area contributed by atoms with Gasteiger partial charge in [0.05, 0.1) is 17.6 Å². The summed E-state index contributed by atoms with van der Waals surface area (Å²) < 4.78 is 0. The van der Waals surface area contributed by atoms with Gasteiger partial charge < -0.3 is 10.3 Å². The number of H-pyrrole nitrogens is 1. The SMILES string of the molecule is CSCc1nc(C(=O)Nc2cccnc2)cc(=O)[nH]1. The molecule has 2 rings (SSSR count). The molecule has 0 atom stereocenters. The van der Waals surface area contributed by atoms with Crippen LogP contribution in [0.15, 0.2) is 35.4 Å². The van der Waals surface area contributed by atoms with Crippen LogP contribution < -0.4 is 10.9 Å². The van der Waals surface area contributed by atoms with Gasteiger partial charge in [-0.3, -0.25) is 14.6 Å². The molecule has 0 spiro atoms. The molecule has 0 aliphatic carbocycles. The maximum atomic E-state index is 12.0. The largest absolute Gasteiger partial charge is 0.319 e. The summed E-state index contributed by atoms with van der Waals surface area (Å²) in [5.74, 6) is 0.598. The number of nitrogens with zero attached hydrogens (tertiary/aromatic N) is 2. The molecule has 0 unspecified atom stereocenters. The van der Waals surface area contributed by atoms with Crippen molar-refractivity contribution < 1.29 is 4.79 Å².